The summed E-state index contributed by atoms with van der Waals surface area (Å²) in [4.78, 5) is 5.95. The lowest BCUT2D eigenvalue weighted by molar-refractivity contribution is 0.526. The second-order valence-corrected chi connectivity index (χ2v) is 6.13. The van der Waals surface area contributed by atoms with Gasteiger partial charge in [-0.05, 0) is 27.7 Å². The van der Waals surface area contributed by atoms with Gasteiger partial charge in [0.15, 0.2) is 0 Å². The van der Waals surface area contributed by atoms with E-state index in [0.29, 0.717) is 6.04 Å². The Bertz CT molecular complexity index is 507. The number of nitrogens with one attached hydrogen (secondary N) is 1. The molecule has 1 atom stereocenters. The van der Waals surface area contributed by atoms with Gasteiger partial charge in [-0.15, -0.1) is 11.3 Å². The fourth-order valence-corrected chi connectivity index (χ4v) is 2.87. The average molecular weight is 264 g/mol. The summed E-state index contributed by atoms with van der Waals surface area (Å²) in [5.74, 6) is 0. The lowest BCUT2D eigenvalue weighted by atomic mass is 10.1. The van der Waals surface area contributed by atoms with E-state index in [9.17, 15) is 0 Å². The molecule has 4 nitrogen and oxygen atoms in total. The maximum absolute atomic E-state index is 4.67. The van der Waals surface area contributed by atoms with Gasteiger partial charge in [0.25, 0.3) is 0 Å². The van der Waals surface area contributed by atoms with Crippen molar-refractivity contribution in [2.24, 2.45) is 7.05 Å². The van der Waals surface area contributed by atoms with Crippen LogP contribution in [0.25, 0.3) is 0 Å². The predicted molar refractivity (Wildman–Crippen MR) is 74.9 cm³/mol. The summed E-state index contributed by atoms with van der Waals surface area (Å²) in [6.45, 7) is 8.48. The largest absolute Gasteiger partial charge is 0.302 e. The summed E-state index contributed by atoms with van der Waals surface area (Å²) >= 11 is 1.76. The van der Waals surface area contributed by atoms with E-state index < -0.39 is 0 Å². The Kier molecular flexibility index (Phi) is 3.82. The van der Waals surface area contributed by atoms with Crippen molar-refractivity contribution >= 4 is 11.3 Å². The number of thiazole rings is 1. The third-order valence-electron chi connectivity index (χ3n) is 2.85. The van der Waals surface area contributed by atoms with Gasteiger partial charge in [-0.1, -0.05) is 0 Å². The molecule has 0 spiro atoms. The molecule has 5 heteroatoms. The summed E-state index contributed by atoms with van der Waals surface area (Å²) in [6.07, 6.45) is 3.96. The summed E-state index contributed by atoms with van der Waals surface area (Å²) in [5, 5.41) is 8.93. The van der Waals surface area contributed by atoms with Crippen LogP contribution in [0.5, 0.6) is 0 Å². The molecule has 0 aromatic carbocycles. The monoisotopic (exact) mass is 264 g/mol. The number of rotatable bonds is 4. The molecule has 0 amide bonds. The number of aryl methyl sites for hydroxylation is 3. The molecule has 0 bridgehead atoms. The lowest BCUT2D eigenvalue weighted by Crippen LogP contribution is -2.28. The van der Waals surface area contributed by atoms with Crippen molar-refractivity contribution in [3.63, 3.8) is 0 Å². The third-order valence-corrected chi connectivity index (χ3v) is 3.99. The van der Waals surface area contributed by atoms with Crippen LogP contribution in [0.2, 0.25) is 0 Å². The zero-order valence-corrected chi connectivity index (χ0v) is 12.4. The average Bonchev–Trinajstić information content (AvgIpc) is 2.83. The molecule has 2 aromatic heterocycles. The van der Waals surface area contributed by atoms with E-state index in [0.717, 1.165) is 10.7 Å². The quantitative estimate of drug-likeness (QED) is 0.923. The Labute approximate surface area is 112 Å². The van der Waals surface area contributed by atoms with Crippen LogP contribution in [0.4, 0.5) is 0 Å². The Morgan fingerprint density at radius 3 is 2.50 bits per heavy atom. The van der Waals surface area contributed by atoms with Gasteiger partial charge in [0.2, 0.25) is 0 Å². The van der Waals surface area contributed by atoms with E-state index in [1.165, 1.54) is 10.4 Å². The SMILES string of the molecule is Cc1nc(C(NC(C)C)c2cnn(C)c2)sc1C. The number of hydrogen-bond acceptors (Lipinski definition) is 4. The van der Waals surface area contributed by atoms with Crippen LogP contribution in [-0.4, -0.2) is 20.8 Å². The van der Waals surface area contributed by atoms with Gasteiger partial charge in [-0.3, -0.25) is 4.68 Å². The fourth-order valence-electron chi connectivity index (χ4n) is 1.85. The fraction of sp³-hybridized carbons (Fsp3) is 0.538. The van der Waals surface area contributed by atoms with E-state index in [1.807, 2.05) is 24.1 Å². The summed E-state index contributed by atoms with van der Waals surface area (Å²) < 4.78 is 1.83. The highest BCUT2D eigenvalue weighted by atomic mass is 32.1. The first-order valence-corrected chi connectivity index (χ1v) is 6.97. The molecule has 0 aliphatic carbocycles. The zero-order chi connectivity index (χ0) is 13.3. The minimum absolute atomic E-state index is 0.135. The van der Waals surface area contributed by atoms with Crippen molar-refractivity contribution in [3.05, 3.63) is 33.5 Å². The minimum atomic E-state index is 0.135. The van der Waals surface area contributed by atoms with Gasteiger partial charge in [-0.25, -0.2) is 4.98 Å². The summed E-state index contributed by atoms with van der Waals surface area (Å²) in [5.41, 5.74) is 2.29. The van der Waals surface area contributed by atoms with E-state index in [-0.39, 0.29) is 6.04 Å². The molecule has 98 valence electrons. The summed E-state index contributed by atoms with van der Waals surface area (Å²) in [6, 6.07) is 0.538. The molecule has 0 saturated heterocycles. The zero-order valence-electron chi connectivity index (χ0n) is 11.6. The summed E-state index contributed by atoms with van der Waals surface area (Å²) in [7, 11) is 1.94. The van der Waals surface area contributed by atoms with Gasteiger partial charge in [-0.2, -0.15) is 5.10 Å². The molecule has 0 fully saturated rings. The van der Waals surface area contributed by atoms with E-state index in [2.05, 4.69) is 43.1 Å². The minimum Gasteiger partial charge on any atom is -0.302 e. The Balaban J connectivity index is 2.36. The topological polar surface area (TPSA) is 42.7 Å². The standard InChI is InChI=1S/C13H20N4S/c1-8(2)15-12(11-6-14-17(5)7-11)13-16-9(3)10(4)18-13/h6-8,12,15H,1-5H3. The molecule has 18 heavy (non-hydrogen) atoms. The van der Waals surface area contributed by atoms with Crippen LogP contribution in [0.15, 0.2) is 12.4 Å². The smallest absolute Gasteiger partial charge is 0.115 e. The van der Waals surface area contributed by atoms with Crippen LogP contribution in [0.3, 0.4) is 0 Å². The normalized spacial score (nSPS) is 13.2. The van der Waals surface area contributed by atoms with Crippen molar-refractivity contribution in [1.29, 1.82) is 0 Å². The molecule has 2 rings (SSSR count). The molecule has 2 heterocycles. The maximum atomic E-state index is 4.67. The van der Waals surface area contributed by atoms with Crippen molar-refractivity contribution in [2.75, 3.05) is 0 Å². The first-order valence-electron chi connectivity index (χ1n) is 6.16. The number of aromatic nitrogens is 3. The van der Waals surface area contributed by atoms with Crippen LogP contribution in [-0.2, 0) is 7.05 Å². The third kappa shape index (κ3) is 2.79. The number of hydrogen-bond donors (Lipinski definition) is 1. The van der Waals surface area contributed by atoms with Gasteiger partial charge >= 0.3 is 0 Å². The van der Waals surface area contributed by atoms with Crippen molar-refractivity contribution in [3.8, 4) is 0 Å². The van der Waals surface area contributed by atoms with E-state index in [4.69, 9.17) is 0 Å². The Morgan fingerprint density at radius 2 is 2.06 bits per heavy atom. The molecule has 0 aliphatic rings. The molecule has 0 radical (unpaired) electrons. The van der Waals surface area contributed by atoms with E-state index >= 15 is 0 Å². The van der Waals surface area contributed by atoms with Gasteiger partial charge in [0.1, 0.15) is 5.01 Å². The second-order valence-electron chi connectivity index (χ2n) is 4.90. The highest BCUT2D eigenvalue weighted by molar-refractivity contribution is 7.11. The molecule has 1 N–H and O–H groups in total. The Morgan fingerprint density at radius 1 is 1.33 bits per heavy atom. The highest BCUT2D eigenvalue weighted by Gasteiger charge is 2.20. The van der Waals surface area contributed by atoms with Gasteiger partial charge < -0.3 is 5.32 Å². The van der Waals surface area contributed by atoms with Crippen molar-refractivity contribution in [2.45, 2.75) is 39.8 Å². The second kappa shape index (κ2) is 5.20. The molecular formula is C13H20N4S. The molecule has 1 unspecified atom stereocenters. The lowest BCUT2D eigenvalue weighted by Gasteiger charge is -2.17. The first kappa shape index (κ1) is 13.2. The van der Waals surface area contributed by atoms with Crippen molar-refractivity contribution < 1.29 is 0 Å². The van der Waals surface area contributed by atoms with E-state index in [1.54, 1.807) is 11.3 Å². The van der Waals surface area contributed by atoms with Crippen LogP contribution >= 0.6 is 11.3 Å². The molecule has 0 aliphatic heterocycles. The maximum Gasteiger partial charge on any atom is 0.115 e. The number of nitrogens with zero attached hydrogens (tertiary/aromatic N) is 3. The first-order chi connectivity index (χ1) is 8.47. The molecular weight excluding hydrogens is 244 g/mol. The van der Waals surface area contributed by atoms with Gasteiger partial charge in [0.05, 0.1) is 17.9 Å². The highest BCUT2D eigenvalue weighted by Crippen LogP contribution is 2.28. The van der Waals surface area contributed by atoms with Gasteiger partial charge in [0, 0.05) is 29.7 Å². The van der Waals surface area contributed by atoms with Crippen LogP contribution in [0, 0.1) is 13.8 Å². The van der Waals surface area contributed by atoms with Crippen LogP contribution < -0.4 is 5.32 Å². The Hall–Kier alpha value is -1.20. The predicted octanol–water partition coefficient (Wildman–Crippen LogP) is 2.58. The van der Waals surface area contributed by atoms with Crippen molar-refractivity contribution in [1.82, 2.24) is 20.1 Å². The van der Waals surface area contributed by atoms with Crippen LogP contribution in [0.1, 0.15) is 41.0 Å². The molecule has 0 saturated carbocycles. The molecule has 2 aromatic rings.